The Balaban J connectivity index is 1.71. The van der Waals surface area contributed by atoms with Crippen LogP contribution in [-0.4, -0.2) is 21.8 Å². The SMILES string of the molecule is O=C1C(=O)N(c2nc3ccc(Cl)cc3s2)C(c2cccs2)C1=C(O)c1ccc(F)cc1. The third-order valence-corrected chi connectivity index (χ3v) is 7.10. The molecule has 1 fully saturated rings. The number of nitrogens with zero attached hydrogens (tertiary/aromatic N) is 2. The smallest absolute Gasteiger partial charge is 0.301 e. The molecule has 1 N–H and O–H groups in total. The van der Waals surface area contributed by atoms with Crippen molar-refractivity contribution in [3.63, 3.8) is 0 Å². The Kier molecular flexibility index (Phi) is 4.85. The number of thiophene rings is 1. The lowest BCUT2D eigenvalue weighted by Crippen LogP contribution is -2.28. The fourth-order valence-corrected chi connectivity index (χ4v) is 5.59. The van der Waals surface area contributed by atoms with Crippen LogP contribution < -0.4 is 4.90 Å². The summed E-state index contributed by atoms with van der Waals surface area (Å²) in [6.45, 7) is 0. The normalized spacial score (nSPS) is 18.3. The molecule has 154 valence electrons. The zero-order chi connectivity index (χ0) is 21.7. The molecule has 2 aromatic carbocycles. The summed E-state index contributed by atoms with van der Waals surface area (Å²) >= 11 is 8.66. The van der Waals surface area contributed by atoms with Gasteiger partial charge in [0.05, 0.1) is 15.8 Å². The summed E-state index contributed by atoms with van der Waals surface area (Å²) in [4.78, 5) is 32.6. The molecule has 9 heteroatoms. The highest BCUT2D eigenvalue weighted by Crippen LogP contribution is 2.45. The summed E-state index contributed by atoms with van der Waals surface area (Å²) in [5.41, 5.74) is 0.836. The van der Waals surface area contributed by atoms with Gasteiger partial charge in [0.15, 0.2) is 5.13 Å². The Morgan fingerprint density at radius 1 is 1.13 bits per heavy atom. The number of aliphatic hydroxyl groups is 1. The molecule has 0 spiro atoms. The number of amides is 1. The van der Waals surface area contributed by atoms with Crippen molar-refractivity contribution in [1.29, 1.82) is 0 Å². The van der Waals surface area contributed by atoms with Crippen LogP contribution in [0.15, 0.2) is 65.6 Å². The van der Waals surface area contributed by atoms with E-state index in [0.29, 0.717) is 20.5 Å². The molecule has 4 aromatic rings. The van der Waals surface area contributed by atoms with Crippen LogP contribution in [0.4, 0.5) is 9.52 Å². The minimum absolute atomic E-state index is 0.0589. The molecular formula is C22H12ClFN2O3S2. The minimum atomic E-state index is -0.846. The number of halogens is 2. The van der Waals surface area contributed by atoms with Gasteiger partial charge in [0.2, 0.25) is 0 Å². The number of thiazole rings is 1. The maximum Gasteiger partial charge on any atom is 0.301 e. The first-order chi connectivity index (χ1) is 14.9. The average Bonchev–Trinajstić information content (AvgIpc) is 3.47. The highest BCUT2D eigenvalue weighted by Gasteiger charge is 2.48. The van der Waals surface area contributed by atoms with Gasteiger partial charge in [0.25, 0.3) is 5.78 Å². The number of aromatic nitrogens is 1. The summed E-state index contributed by atoms with van der Waals surface area (Å²) in [7, 11) is 0. The monoisotopic (exact) mass is 470 g/mol. The first-order valence-electron chi connectivity index (χ1n) is 9.10. The van der Waals surface area contributed by atoms with Crippen LogP contribution in [0.3, 0.4) is 0 Å². The summed E-state index contributed by atoms with van der Waals surface area (Å²) in [6.07, 6.45) is 0. The number of rotatable bonds is 3. The number of Topliss-reactive ketones (excluding diaryl/α,β-unsaturated/α-hetero) is 1. The van der Waals surface area contributed by atoms with E-state index in [1.165, 1.54) is 51.8 Å². The molecule has 5 nitrogen and oxygen atoms in total. The van der Waals surface area contributed by atoms with Gasteiger partial charge in [-0.1, -0.05) is 29.0 Å². The highest BCUT2D eigenvalue weighted by molar-refractivity contribution is 7.22. The van der Waals surface area contributed by atoms with Crippen LogP contribution in [0.1, 0.15) is 16.5 Å². The lowest BCUT2D eigenvalue weighted by Gasteiger charge is -2.21. The van der Waals surface area contributed by atoms with Crippen LogP contribution in [0, 0.1) is 5.82 Å². The largest absolute Gasteiger partial charge is 0.507 e. The summed E-state index contributed by atoms with van der Waals surface area (Å²) < 4.78 is 14.1. The van der Waals surface area contributed by atoms with Gasteiger partial charge in [0.1, 0.15) is 17.6 Å². The lowest BCUT2D eigenvalue weighted by atomic mass is 10.00. The van der Waals surface area contributed by atoms with E-state index in [1.807, 2.05) is 5.38 Å². The van der Waals surface area contributed by atoms with Crippen LogP contribution in [-0.2, 0) is 9.59 Å². The molecule has 0 bridgehead atoms. The highest BCUT2D eigenvalue weighted by atomic mass is 35.5. The molecular weight excluding hydrogens is 459 g/mol. The lowest BCUT2D eigenvalue weighted by molar-refractivity contribution is -0.132. The Bertz CT molecular complexity index is 1360. The fraction of sp³-hybridized carbons (Fsp3) is 0.0455. The van der Waals surface area contributed by atoms with Crippen molar-refractivity contribution in [2.75, 3.05) is 4.90 Å². The first-order valence-corrected chi connectivity index (χ1v) is 11.2. The summed E-state index contributed by atoms with van der Waals surface area (Å²) in [5, 5.41) is 13.6. The van der Waals surface area contributed by atoms with Gasteiger partial charge >= 0.3 is 5.91 Å². The second-order valence-electron chi connectivity index (χ2n) is 6.80. The van der Waals surface area contributed by atoms with Gasteiger partial charge in [0, 0.05) is 15.5 Å². The second kappa shape index (κ2) is 7.56. The van der Waals surface area contributed by atoms with E-state index in [0.717, 1.165) is 4.70 Å². The van der Waals surface area contributed by atoms with Gasteiger partial charge < -0.3 is 5.11 Å². The molecule has 2 aromatic heterocycles. The zero-order valence-electron chi connectivity index (χ0n) is 15.6. The number of anilines is 1. The first kappa shape index (κ1) is 19.9. The Morgan fingerprint density at radius 2 is 1.90 bits per heavy atom. The number of hydrogen-bond acceptors (Lipinski definition) is 6. The quantitative estimate of drug-likeness (QED) is 0.234. The van der Waals surface area contributed by atoms with E-state index in [1.54, 1.807) is 30.3 Å². The third kappa shape index (κ3) is 3.33. The van der Waals surface area contributed by atoms with Crippen molar-refractivity contribution in [3.05, 3.63) is 86.8 Å². The number of carbonyl (C=O) groups excluding carboxylic acids is 2. The fourth-order valence-electron chi connectivity index (χ4n) is 3.50. The van der Waals surface area contributed by atoms with Crippen LogP contribution >= 0.6 is 34.3 Å². The van der Waals surface area contributed by atoms with Crippen LogP contribution in [0.25, 0.3) is 16.0 Å². The number of hydrogen-bond donors (Lipinski definition) is 1. The molecule has 1 amide bonds. The van der Waals surface area contributed by atoms with E-state index in [2.05, 4.69) is 4.98 Å². The summed E-state index contributed by atoms with van der Waals surface area (Å²) in [5.74, 6) is -2.44. The Hall–Kier alpha value is -3.07. The number of ketones is 1. The van der Waals surface area contributed by atoms with Crippen molar-refractivity contribution >= 4 is 67.1 Å². The van der Waals surface area contributed by atoms with Crippen LogP contribution in [0.2, 0.25) is 5.02 Å². The average molecular weight is 471 g/mol. The number of aliphatic hydroxyl groups excluding tert-OH is 1. The van der Waals surface area contributed by atoms with Gasteiger partial charge in [-0.15, -0.1) is 11.3 Å². The van der Waals surface area contributed by atoms with E-state index in [-0.39, 0.29) is 16.9 Å². The van der Waals surface area contributed by atoms with Gasteiger partial charge in [-0.05, 0) is 53.9 Å². The Morgan fingerprint density at radius 3 is 2.61 bits per heavy atom. The second-order valence-corrected chi connectivity index (χ2v) is 9.22. The molecule has 0 radical (unpaired) electrons. The standard InChI is InChI=1S/C22H12ClFN2O3S2/c23-12-5-8-14-16(10-12)31-22(25-14)26-18(15-2-1-9-30-15)17(20(28)21(26)29)19(27)11-3-6-13(24)7-4-11/h1-10,18,27H. The van der Waals surface area contributed by atoms with Gasteiger partial charge in [-0.25, -0.2) is 9.37 Å². The van der Waals surface area contributed by atoms with Crippen molar-refractivity contribution < 1.29 is 19.1 Å². The maximum absolute atomic E-state index is 13.3. The molecule has 1 aliphatic rings. The molecule has 5 rings (SSSR count). The third-order valence-electron chi connectivity index (χ3n) is 4.92. The molecule has 1 saturated heterocycles. The van der Waals surface area contributed by atoms with E-state index in [4.69, 9.17) is 11.6 Å². The Labute approximate surface area is 188 Å². The minimum Gasteiger partial charge on any atom is -0.507 e. The maximum atomic E-state index is 13.3. The molecule has 1 atom stereocenters. The molecule has 0 aliphatic carbocycles. The molecule has 1 unspecified atom stereocenters. The molecule has 3 heterocycles. The number of benzene rings is 2. The van der Waals surface area contributed by atoms with Gasteiger partial charge in [-0.3, -0.25) is 14.5 Å². The molecule has 31 heavy (non-hydrogen) atoms. The number of fused-ring (bicyclic) bond motifs is 1. The van der Waals surface area contributed by atoms with Gasteiger partial charge in [-0.2, -0.15) is 0 Å². The zero-order valence-corrected chi connectivity index (χ0v) is 18.0. The van der Waals surface area contributed by atoms with E-state index in [9.17, 15) is 19.1 Å². The van der Waals surface area contributed by atoms with Crippen molar-refractivity contribution in [1.82, 2.24) is 4.98 Å². The topological polar surface area (TPSA) is 70.5 Å². The van der Waals surface area contributed by atoms with Crippen molar-refractivity contribution in [3.8, 4) is 0 Å². The molecule has 1 aliphatic heterocycles. The summed E-state index contributed by atoms with van der Waals surface area (Å²) in [6, 6.07) is 13.0. The van der Waals surface area contributed by atoms with Crippen molar-refractivity contribution in [2.45, 2.75) is 6.04 Å². The van der Waals surface area contributed by atoms with E-state index >= 15 is 0 Å². The van der Waals surface area contributed by atoms with Crippen molar-refractivity contribution in [2.24, 2.45) is 0 Å². The van der Waals surface area contributed by atoms with Crippen LogP contribution in [0.5, 0.6) is 0 Å². The predicted octanol–water partition coefficient (Wildman–Crippen LogP) is 5.78. The predicted molar refractivity (Wildman–Crippen MR) is 120 cm³/mol. The van der Waals surface area contributed by atoms with E-state index < -0.39 is 23.5 Å². The molecule has 0 saturated carbocycles. The number of carbonyl (C=O) groups is 2.